The van der Waals surface area contributed by atoms with E-state index in [1.54, 1.807) is 4.90 Å². The summed E-state index contributed by atoms with van der Waals surface area (Å²) >= 11 is 0. The molecule has 0 radical (unpaired) electrons. The van der Waals surface area contributed by atoms with Crippen LogP contribution in [0, 0.1) is 11.6 Å². The van der Waals surface area contributed by atoms with Gasteiger partial charge in [0.05, 0.1) is 18.4 Å². The second kappa shape index (κ2) is 16.5. The van der Waals surface area contributed by atoms with Crippen LogP contribution in [0.5, 0.6) is 5.75 Å². The van der Waals surface area contributed by atoms with Crippen molar-refractivity contribution in [2.24, 2.45) is 5.16 Å². The van der Waals surface area contributed by atoms with Crippen LogP contribution in [0.15, 0.2) is 34.3 Å². The van der Waals surface area contributed by atoms with E-state index in [0.717, 1.165) is 31.0 Å². The molecule has 1 aromatic heterocycles. The third-order valence-electron chi connectivity index (χ3n) is 9.72. The van der Waals surface area contributed by atoms with Gasteiger partial charge in [0.2, 0.25) is 18.0 Å². The molecular weight excluding hydrogens is 654 g/mol. The first-order valence-electron chi connectivity index (χ1n) is 17.5. The van der Waals surface area contributed by atoms with Crippen LogP contribution < -0.4 is 15.5 Å². The Balaban J connectivity index is 0.00000583. The number of benzene rings is 1. The maximum Gasteiger partial charge on any atom is 0.511 e. The summed E-state index contributed by atoms with van der Waals surface area (Å²) in [5.74, 6) is -3.50. The molecule has 1 fully saturated rings. The Kier molecular flexibility index (Phi) is 12.1. The van der Waals surface area contributed by atoms with Crippen molar-refractivity contribution in [2.45, 2.75) is 116 Å². The normalized spacial score (nSPS) is 20.9. The molecular formula is C36H48F2N4O8. The lowest BCUT2D eigenvalue weighted by Gasteiger charge is -2.42. The van der Waals surface area contributed by atoms with Gasteiger partial charge in [-0.3, -0.25) is 14.4 Å². The quantitative estimate of drug-likeness (QED) is 0.124. The lowest BCUT2D eigenvalue weighted by Crippen LogP contribution is -2.52. The number of unbranched alkanes of at least 4 members (excludes halogenated alkanes) is 7. The fourth-order valence-electron chi connectivity index (χ4n) is 6.91. The number of oxime groups is 1. The molecule has 2 amide bonds. The Bertz CT molecular complexity index is 1670. The van der Waals surface area contributed by atoms with Crippen molar-refractivity contribution in [2.75, 3.05) is 19.9 Å². The molecule has 1 N–H and O–H groups in total. The van der Waals surface area contributed by atoms with E-state index in [0.29, 0.717) is 31.7 Å². The molecule has 12 nitrogen and oxygen atoms in total. The number of nitrogens with zero attached hydrogens (tertiary/aromatic N) is 3. The summed E-state index contributed by atoms with van der Waals surface area (Å²) in [5.41, 5.74) is -1.55. The summed E-state index contributed by atoms with van der Waals surface area (Å²) in [6.45, 7) is 5.20. The van der Waals surface area contributed by atoms with Crippen LogP contribution in [-0.4, -0.2) is 64.7 Å². The Morgan fingerprint density at radius 2 is 1.84 bits per heavy atom. The minimum atomic E-state index is -1.000. The molecule has 4 heterocycles. The number of halogens is 2. The van der Waals surface area contributed by atoms with Crippen LogP contribution in [0.1, 0.15) is 125 Å². The Morgan fingerprint density at radius 1 is 1.10 bits per heavy atom. The van der Waals surface area contributed by atoms with E-state index in [4.69, 9.17) is 19.0 Å². The molecule has 2 aromatic rings. The third kappa shape index (κ3) is 8.27. The molecule has 274 valence electrons. The molecule has 3 aliphatic rings. The van der Waals surface area contributed by atoms with E-state index < -0.39 is 64.8 Å². The number of fused-ring (bicyclic) bond motifs is 5. The molecule has 0 aliphatic carbocycles. The largest absolute Gasteiger partial charge is 0.511 e. The smallest absolute Gasteiger partial charge is 0.451 e. The van der Waals surface area contributed by atoms with Gasteiger partial charge in [-0.1, -0.05) is 63.1 Å². The predicted molar refractivity (Wildman–Crippen MR) is 181 cm³/mol. The number of pyridine rings is 1. The number of ether oxygens (including phenoxy) is 3. The lowest BCUT2D eigenvalue weighted by atomic mass is 9.84. The highest BCUT2D eigenvalue weighted by molar-refractivity contribution is 5.99. The van der Waals surface area contributed by atoms with Gasteiger partial charge in [0.1, 0.15) is 17.2 Å². The van der Waals surface area contributed by atoms with Crippen molar-refractivity contribution >= 4 is 23.7 Å². The number of carbonyl (C=O) groups is 3. The molecule has 2 bridgehead atoms. The Hall–Kier alpha value is -4.49. The van der Waals surface area contributed by atoms with Crippen LogP contribution in [0.25, 0.3) is 0 Å². The fraction of sp³-hybridized carbons (Fsp3) is 0.583. The lowest BCUT2D eigenvalue weighted by molar-refractivity contribution is -0.0658. The van der Waals surface area contributed by atoms with Crippen LogP contribution in [0.3, 0.4) is 0 Å². The van der Waals surface area contributed by atoms with Gasteiger partial charge < -0.3 is 33.8 Å². The molecule has 5 rings (SSSR count). The van der Waals surface area contributed by atoms with Crippen LogP contribution in [0.4, 0.5) is 13.6 Å². The first-order chi connectivity index (χ1) is 24.0. The van der Waals surface area contributed by atoms with Gasteiger partial charge in [0.15, 0.2) is 11.3 Å². The number of amides is 2. The first-order valence-corrected chi connectivity index (χ1v) is 17.5. The molecule has 14 heteroatoms. The average Bonchev–Trinajstić information content (AvgIpc) is 3.42. The zero-order valence-electron chi connectivity index (χ0n) is 28.9. The highest BCUT2D eigenvalue weighted by atomic mass is 19.1. The zero-order chi connectivity index (χ0) is 35.8. The summed E-state index contributed by atoms with van der Waals surface area (Å²) < 4.78 is 45.3. The van der Waals surface area contributed by atoms with Gasteiger partial charge in [-0.05, 0) is 39.2 Å². The molecule has 3 aliphatic heterocycles. The van der Waals surface area contributed by atoms with E-state index in [1.165, 1.54) is 42.5 Å². The summed E-state index contributed by atoms with van der Waals surface area (Å²) in [6.07, 6.45) is 10.5. The third-order valence-corrected chi connectivity index (χ3v) is 9.72. The standard InChI is InChI=1S/C36H46F2N4O8.H2/c1-4-5-6-7-8-9-10-11-16-47-35(46)49-22-48-32-30-34(45)41-21-29(36(15-14-24(41)3)18-23(2)40-50-36)42(30)20-27(31(32)43)33(44)39-19-25-12-13-26(37)17-28(25)38;/h12-13,17,20,24,29H,4-11,14-16,18-19,21-22H2,1-3H3,(H,39,44);1H/t24-,29+,36-;/m0./s1. The topological polar surface area (TPSA) is 138 Å². The van der Waals surface area contributed by atoms with Crippen molar-refractivity contribution in [3.63, 3.8) is 0 Å². The minimum absolute atomic E-state index is 0. The van der Waals surface area contributed by atoms with Gasteiger partial charge in [-0.25, -0.2) is 13.6 Å². The number of nitrogens with one attached hydrogen (secondary N) is 1. The van der Waals surface area contributed by atoms with E-state index >= 15 is 0 Å². The van der Waals surface area contributed by atoms with E-state index in [-0.39, 0.29) is 38.4 Å². The van der Waals surface area contributed by atoms with E-state index in [9.17, 15) is 28.0 Å². The van der Waals surface area contributed by atoms with Crippen LogP contribution in [0.2, 0.25) is 0 Å². The second-order valence-corrected chi connectivity index (χ2v) is 13.4. The monoisotopic (exact) mass is 702 g/mol. The van der Waals surface area contributed by atoms with Crippen LogP contribution >= 0.6 is 0 Å². The number of hydrogen-bond acceptors (Lipinski definition) is 9. The maximum atomic E-state index is 14.3. The predicted octanol–water partition coefficient (Wildman–Crippen LogP) is 6.65. The average molecular weight is 703 g/mol. The number of carbonyl (C=O) groups excluding carboxylic acids is 3. The van der Waals surface area contributed by atoms with E-state index in [1.807, 2.05) is 13.8 Å². The second-order valence-electron chi connectivity index (χ2n) is 13.4. The highest BCUT2D eigenvalue weighted by Crippen LogP contribution is 2.46. The highest BCUT2D eigenvalue weighted by Gasteiger charge is 2.54. The summed E-state index contributed by atoms with van der Waals surface area (Å²) in [4.78, 5) is 61.5. The Morgan fingerprint density at radius 3 is 2.54 bits per heavy atom. The minimum Gasteiger partial charge on any atom is -0.451 e. The summed E-state index contributed by atoms with van der Waals surface area (Å²) in [5, 5.41) is 6.72. The van der Waals surface area contributed by atoms with Gasteiger partial charge in [-0.2, -0.15) is 0 Å². The van der Waals surface area contributed by atoms with E-state index in [2.05, 4.69) is 17.4 Å². The Labute approximate surface area is 291 Å². The number of aromatic nitrogens is 1. The maximum absolute atomic E-state index is 14.3. The van der Waals surface area contributed by atoms with Gasteiger partial charge in [-0.15, -0.1) is 0 Å². The number of hydrogen-bond donors (Lipinski definition) is 1. The zero-order valence-corrected chi connectivity index (χ0v) is 28.9. The molecule has 1 saturated heterocycles. The van der Waals surface area contributed by atoms with Crippen molar-refractivity contribution in [1.82, 2.24) is 14.8 Å². The van der Waals surface area contributed by atoms with Crippen molar-refractivity contribution in [3.05, 3.63) is 63.1 Å². The molecule has 0 unspecified atom stereocenters. The van der Waals surface area contributed by atoms with Crippen molar-refractivity contribution in [3.8, 4) is 5.75 Å². The SMILES string of the molecule is CCCCCCCCCCOC(=O)OCOc1c2n(cc(C(=O)NCc3ccc(F)cc3F)c1=O)[C@@H]1CN(C2=O)[C@@H](C)CC[C@]12CC(C)=NO2.[HH]. The molecule has 50 heavy (non-hydrogen) atoms. The summed E-state index contributed by atoms with van der Waals surface area (Å²) in [6, 6.07) is 2.16. The number of rotatable bonds is 15. The van der Waals surface area contributed by atoms with Gasteiger partial charge >= 0.3 is 6.16 Å². The fourth-order valence-corrected chi connectivity index (χ4v) is 6.91. The molecule has 1 spiro atoms. The van der Waals surface area contributed by atoms with Crippen molar-refractivity contribution in [1.29, 1.82) is 0 Å². The first kappa shape index (κ1) is 36.8. The molecule has 1 aromatic carbocycles. The summed E-state index contributed by atoms with van der Waals surface area (Å²) in [7, 11) is 0. The van der Waals surface area contributed by atoms with Crippen molar-refractivity contribution < 1.29 is 43.6 Å². The van der Waals surface area contributed by atoms with Crippen LogP contribution in [-0.2, 0) is 20.9 Å². The molecule has 3 atom stereocenters. The molecule has 0 saturated carbocycles. The van der Waals surface area contributed by atoms with Gasteiger partial charge in [0.25, 0.3) is 11.8 Å². The van der Waals surface area contributed by atoms with Gasteiger partial charge in [0, 0.05) is 44.8 Å².